The SMILES string of the molecule is CCCOC(=O)c1ccc(N2C[C@@H](C(=O)OCC(=O)Nc3ccc(C)c([N+](=O)[O-])c3)CC2=O)cc1. The van der Waals surface area contributed by atoms with Crippen LogP contribution in [0.1, 0.15) is 35.7 Å². The Morgan fingerprint density at radius 3 is 2.51 bits per heavy atom. The zero-order chi connectivity index (χ0) is 25.5. The van der Waals surface area contributed by atoms with E-state index >= 15 is 0 Å². The Morgan fingerprint density at radius 1 is 1.14 bits per heavy atom. The summed E-state index contributed by atoms with van der Waals surface area (Å²) in [5.74, 6) is -2.87. The molecule has 0 radical (unpaired) electrons. The number of hydrogen-bond donors (Lipinski definition) is 1. The molecule has 0 unspecified atom stereocenters. The van der Waals surface area contributed by atoms with Crippen LogP contribution in [0.2, 0.25) is 0 Å². The van der Waals surface area contributed by atoms with Crippen LogP contribution in [-0.2, 0) is 23.9 Å². The van der Waals surface area contributed by atoms with Gasteiger partial charge in [0.15, 0.2) is 6.61 Å². The highest BCUT2D eigenvalue weighted by molar-refractivity contribution is 6.00. The highest BCUT2D eigenvalue weighted by Crippen LogP contribution is 2.26. The maximum Gasteiger partial charge on any atom is 0.338 e. The second kappa shape index (κ2) is 11.2. The number of nitro groups is 1. The number of hydrogen-bond acceptors (Lipinski definition) is 8. The van der Waals surface area contributed by atoms with Gasteiger partial charge in [0.25, 0.3) is 11.6 Å². The van der Waals surface area contributed by atoms with E-state index < -0.39 is 35.3 Å². The normalized spacial score (nSPS) is 15.0. The van der Waals surface area contributed by atoms with E-state index in [-0.39, 0.29) is 30.2 Å². The summed E-state index contributed by atoms with van der Waals surface area (Å²) in [5, 5.41) is 13.5. The van der Waals surface area contributed by atoms with Crippen LogP contribution in [0.15, 0.2) is 42.5 Å². The number of carbonyl (C=O) groups excluding carboxylic acids is 4. The molecule has 2 aromatic carbocycles. The number of anilines is 2. The summed E-state index contributed by atoms with van der Waals surface area (Å²) in [6, 6.07) is 10.5. The lowest BCUT2D eigenvalue weighted by molar-refractivity contribution is -0.385. The van der Waals surface area contributed by atoms with Crippen molar-refractivity contribution in [1.82, 2.24) is 0 Å². The lowest BCUT2D eigenvalue weighted by atomic mass is 10.1. The maximum absolute atomic E-state index is 12.4. The molecule has 3 rings (SSSR count). The smallest absolute Gasteiger partial charge is 0.338 e. The third-order valence-electron chi connectivity index (χ3n) is 5.35. The first-order valence-corrected chi connectivity index (χ1v) is 11.0. The van der Waals surface area contributed by atoms with E-state index in [1.807, 2.05) is 6.92 Å². The molecule has 35 heavy (non-hydrogen) atoms. The molecule has 1 aliphatic rings. The number of aryl methyl sites for hydroxylation is 1. The van der Waals surface area contributed by atoms with Gasteiger partial charge in [-0.25, -0.2) is 4.79 Å². The van der Waals surface area contributed by atoms with Crippen molar-refractivity contribution in [1.29, 1.82) is 0 Å². The molecule has 2 amide bonds. The van der Waals surface area contributed by atoms with Gasteiger partial charge in [-0.1, -0.05) is 13.0 Å². The van der Waals surface area contributed by atoms with Crippen LogP contribution in [0.25, 0.3) is 0 Å². The summed E-state index contributed by atoms with van der Waals surface area (Å²) in [7, 11) is 0. The van der Waals surface area contributed by atoms with E-state index in [4.69, 9.17) is 9.47 Å². The van der Waals surface area contributed by atoms with Crippen molar-refractivity contribution < 1.29 is 33.6 Å². The average molecular weight is 483 g/mol. The quantitative estimate of drug-likeness (QED) is 0.325. The predicted octanol–water partition coefficient (Wildman–Crippen LogP) is 3.00. The van der Waals surface area contributed by atoms with Crippen LogP contribution in [0.5, 0.6) is 0 Å². The van der Waals surface area contributed by atoms with Gasteiger partial charge in [-0.15, -0.1) is 0 Å². The fourth-order valence-corrected chi connectivity index (χ4v) is 3.51. The first-order valence-electron chi connectivity index (χ1n) is 11.0. The number of carbonyl (C=O) groups is 4. The van der Waals surface area contributed by atoms with Crippen LogP contribution in [0, 0.1) is 23.0 Å². The number of esters is 2. The van der Waals surface area contributed by atoms with Crippen LogP contribution in [0.3, 0.4) is 0 Å². The van der Waals surface area contributed by atoms with Crippen molar-refractivity contribution in [3.05, 3.63) is 63.7 Å². The Balaban J connectivity index is 1.52. The lowest BCUT2D eigenvalue weighted by Crippen LogP contribution is -2.28. The molecule has 1 fully saturated rings. The van der Waals surface area contributed by atoms with Gasteiger partial charge in [-0.2, -0.15) is 0 Å². The molecule has 11 nitrogen and oxygen atoms in total. The summed E-state index contributed by atoms with van der Waals surface area (Å²) >= 11 is 0. The van der Waals surface area contributed by atoms with Crippen molar-refractivity contribution >= 4 is 40.8 Å². The minimum atomic E-state index is -0.759. The number of rotatable bonds is 9. The molecule has 1 heterocycles. The molecule has 184 valence electrons. The minimum Gasteiger partial charge on any atom is -0.462 e. The van der Waals surface area contributed by atoms with E-state index in [0.29, 0.717) is 29.8 Å². The van der Waals surface area contributed by atoms with Gasteiger partial charge in [0.05, 0.1) is 23.0 Å². The predicted molar refractivity (Wildman–Crippen MR) is 125 cm³/mol. The second-order valence-electron chi connectivity index (χ2n) is 8.00. The van der Waals surface area contributed by atoms with Crippen molar-refractivity contribution in [2.45, 2.75) is 26.7 Å². The van der Waals surface area contributed by atoms with Crippen molar-refractivity contribution in [3.8, 4) is 0 Å². The van der Waals surface area contributed by atoms with Gasteiger partial charge in [0.2, 0.25) is 5.91 Å². The highest BCUT2D eigenvalue weighted by Gasteiger charge is 2.36. The van der Waals surface area contributed by atoms with Crippen LogP contribution in [-0.4, -0.2) is 48.4 Å². The number of nitrogens with one attached hydrogen (secondary N) is 1. The monoisotopic (exact) mass is 483 g/mol. The summed E-state index contributed by atoms with van der Waals surface area (Å²) in [6.07, 6.45) is 0.630. The number of amides is 2. The molecule has 1 saturated heterocycles. The van der Waals surface area contributed by atoms with Crippen LogP contribution in [0.4, 0.5) is 17.1 Å². The third kappa shape index (κ3) is 6.40. The van der Waals surface area contributed by atoms with E-state index in [1.54, 1.807) is 31.2 Å². The summed E-state index contributed by atoms with van der Waals surface area (Å²) in [4.78, 5) is 60.8. The van der Waals surface area contributed by atoms with Gasteiger partial charge in [-0.05, 0) is 43.7 Å². The zero-order valence-corrected chi connectivity index (χ0v) is 19.3. The summed E-state index contributed by atoms with van der Waals surface area (Å²) in [6.45, 7) is 3.26. The van der Waals surface area contributed by atoms with E-state index in [1.165, 1.54) is 23.1 Å². The van der Waals surface area contributed by atoms with Gasteiger partial charge >= 0.3 is 11.9 Å². The lowest BCUT2D eigenvalue weighted by Gasteiger charge is -2.17. The Bertz CT molecular complexity index is 1150. The van der Waals surface area contributed by atoms with Gasteiger partial charge in [-0.3, -0.25) is 24.5 Å². The van der Waals surface area contributed by atoms with E-state index in [9.17, 15) is 29.3 Å². The average Bonchev–Trinajstić information content (AvgIpc) is 3.23. The Labute approximate surface area is 201 Å². The zero-order valence-electron chi connectivity index (χ0n) is 19.3. The van der Waals surface area contributed by atoms with Crippen LogP contribution >= 0.6 is 0 Å². The van der Waals surface area contributed by atoms with Gasteiger partial charge < -0.3 is 19.7 Å². The Kier molecular flexibility index (Phi) is 8.13. The third-order valence-corrected chi connectivity index (χ3v) is 5.35. The largest absolute Gasteiger partial charge is 0.462 e. The van der Waals surface area contributed by atoms with Gasteiger partial charge in [0, 0.05) is 36.0 Å². The molecular weight excluding hydrogens is 458 g/mol. The molecule has 0 saturated carbocycles. The summed E-state index contributed by atoms with van der Waals surface area (Å²) in [5.41, 5.74) is 1.38. The molecule has 0 aromatic heterocycles. The van der Waals surface area contributed by atoms with Crippen LogP contribution < -0.4 is 10.2 Å². The molecule has 0 spiro atoms. The first kappa shape index (κ1) is 25.3. The van der Waals surface area contributed by atoms with E-state index in [2.05, 4.69) is 5.32 Å². The highest BCUT2D eigenvalue weighted by atomic mass is 16.6. The van der Waals surface area contributed by atoms with Crippen molar-refractivity contribution in [3.63, 3.8) is 0 Å². The Hall–Kier alpha value is -4.28. The number of ether oxygens (including phenoxy) is 2. The molecule has 0 aliphatic carbocycles. The number of nitro benzene ring substituents is 1. The molecule has 2 aromatic rings. The first-order chi connectivity index (χ1) is 16.7. The van der Waals surface area contributed by atoms with Crippen molar-refractivity contribution in [2.24, 2.45) is 5.92 Å². The number of benzene rings is 2. The molecule has 1 N–H and O–H groups in total. The topological polar surface area (TPSA) is 145 Å². The summed E-state index contributed by atoms with van der Waals surface area (Å²) < 4.78 is 10.1. The standard InChI is InChI=1S/C24H25N3O8/c1-3-10-34-23(30)16-5-8-19(9-6-16)26-13-17(11-22(26)29)24(31)35-14-21(28)25-18-7-4-15(2)20(12-18)27(32)33/h4-9,12,17H,3,10-11,13-14H2,1-2H3,(H,25,28)/t17-/m0/s1. The van der Waals surface area contributed by atoms with Gasteiger partial charge in [0.1, 0.15) is 0 Å². The molecule has 1 atom stereocenters. The van der Waals surface area contributed by atoms with E-state index in [0.717, 1.165) is 0 Å². The fraction of sp³-hybridized carbons (Fsp3) is 0.333. The molecule has 1 aliphatic heterocycles. The molecular formula is C24H25N3O8. The Morgan fingerprint density at radius 2 is 1.86 bits per heavy atom. The molecule has 11 heteroatoms. The fourth-order valence-electron chi connectivity index (χ4n) is 3.51. The number of nitrogens with zero attached hydrogens (tertiary/aromatic N) is 2. The second-order valence-corrected chi connectivity index (χ2v) is 8.00. The maximum atomic E-state index is 12.4. The van der Waals surface area contributed by atoms with Crippen molar-refractivity contribution in [2.75, 3.05) is 30.0 Å². The minimum absolute atomic E-state index is 0.0725. The molecule has 0 bridgehead atoms.